The molecule has 26 heavy (non-hydrogen) atoms. The van der Waals surface area contributed by atoms with Crippen molar-refractivity contribution in [3.63, 3.8) is 0 Å². The van der Waals surface area contributed by atoms with Crippen molar-refractivity contribution >= 4 is 29.3 Å². The van der Waals surface area contributed by atoms with E-state index in [1.807, 2.05) is 32.0 Å². The highest BCUT2D eigenvalue weighted by Gasteiger charge is 2.13. The van der Waals surface area contributed by atoms with Crippen LogP contribution in [0.15, 0.2) is 41.3 Å². The number of hydrogen-bond donors (Lipinski definition) is 1. The summed E-state index contributed by atoms with van der Waals surface area (Å²) in [5.74, 6) is -0.499. The van der Waals surface area contributed by atoms with Crippen molar-refractivity contribution in [2.45, 2.75) is 38.0 Å². The number of ether oxygens (including phenoxy) is 1. The van der Waals surface area contributed by atoms with E-state index in [1.165, 1.54) is 29.3 Å². The summed E-state index contributed by atoms with van der Waals surface area (Å²) in [7, 11) is 0. The lowest BCUT2D eigenvalue weighted by molar-refractivity contribution is -0.144. The largest absolute Gasteiger partial charge is 0.455 e. The molecule has 1 aliphatic rings. The van der Waals surface area contributed by atoms with Gasteiger partial charge in [0.25, 0.3) is 5.91 Å². The zero-order valence-electron chi connectivity index (χ0n) is 15.1. The van der Waals surface area contributed by atoms with E-state index in [-0.39, 0.29) is 24.2 Å². The third-order valence-electron chi connectivity index (χ3n) is 4.54. The monoisotopic (exact) mass is 369 g/mol. The van der Waals surface area contributed by atoms with Crippen LogP contribution in [0.1, 0.15) is 28.7 Å². The molecule has 1 N–H and O–H groups in total. The Morgan fingerprint density at radius 2 is 1.81 bits per heavy atom. The lowest BCUT2D eigenvalue weighted by Gasteiger charge is -2.11. The molecule has 5 heteroatoms. The molecule has 4 nitrogen and oxygen atoms in total. The Hall–Kier alpha value is -2.27. The summed E-state index contributed by atoms with van der Waals surface area (Å²) in [4.78, 5) is 25.0. The predicted molar refractivity (Wildman–Crippen MR) is 105 cm³/mol. The van der Waals surface area contributed by atoms with Gasteiger partial charge in [0.05, 0.1) is 5.75 Å². The first kappa shape index (κ1) is 18.5. The van der Waals surface area contributed by atoms with E-state index in [0.717, 1.165) is 34.6 Å². The van der Waals surface area contributed by atoms with Crippen LogP contribution in [0.4, 0.5) is 5.69 Å². The molecule has 136 valence electrons. The maximum Gasteiger partial charge on any atom is 0.316 e. The molecule has 0 atom stereocenters. The second-order valence-corrected chi connectivity index (χ2v) is 7.60. The Balaban J connectivity index is 1.44. The molecule has 0 aromatic heterocycles. The van der Waals surface area contributed by atoms with Gasteiger partial charge < -0.3 is 10.1 Å². The highest BCUT2D eigenvalue weighted by Crippen LogP contribution is 2.27. The molecule has 0 spiro atoms. The number of hydrogen-bond acceptors (Lipinski definition) is 4. The summed E-state index contributed by atoms with van der Waals surface area (Å²) in [5, 5.41) is 2.81. The van der Waals surface area contributed by atoms with Gasteiger partial charge in [-0.25, -0.2) is 0 Å². The number of carbonyl (C=O) groups excluding carboxylic acids is 2. The van der Waals surface area contributed by atoms with Crippen LogP contribution in [0.5, 0.6) is 0 Å². The van der Waals surface area contributed by atoms with Crippen LogP contribution in [-0.4, -0.2) is 24.2 Å². The van der Waals surface area contributed by atoms with Gasteiger partial charge in [-0.3, -0.25) is 9.59 Å². The van der Waals surface area contributed by atoms with E-state index < -0.39 is 0 Å². The van der Waals surface area contributed by atoms with Gasteiger partial charge in [-0.1, -0.05) is 24.3 Å². The van der Waals surface area contributed by atoms with Gasteiger partial charge in [-0.05, 0) is 67.5 Å². The van der Waals surface area contributed by atoms with Crippen LogP contribution < -0.4 is 5.32 Å². The smallest absolute Gasteiger partial charge is 0.316 e. The summed E-state index contributed by atoms with van der Waals surface area (Å²) in [6, 6.07) is 12.2. The molecule has 0 saturated carbocycles. The number of amides is 1. The second kappa shape index (κ2) is 8.41. The highest BCUT2D eigenvalue weighted by atomic mass is 32.2. The summed E-state index contributed by atoms with van der Waals surface area (Å²) in [6.45, 7) is 3.60. The van der Waals surface area contributed by atoms with Gasteiger partial charge >= 0.3 is 5.97 Å². The number of aryl methyl sites for hydroxylation is 4. The maximum atomic E-state index is 12.0. The number of anilines is 1. The number of rotatable bonds is 6. The van der Waals surface area contributed by atoms with Crippen LogP contribution in [0.25, 0.3) is 0 Å². The van der Waals surface area contributed by atoms with Crippen LogP contribution >= 0.6 is 11.8 Å². The first-order valence-corrected chi connectivity index (χ1v) is 9.78. The van der Waals surface area contributed by atoms with Gasteiger partial charge in [0, 0.05) is 10.6 Å². The van der Waals surface area contributed by atoms with Crippen molar-refractivity contribution in [3.8, 4) is 0 Å². The van der Waals surface area contributed by atoms with Crippen molar-refractivity contribution in [2.24, 2.45) is 0 Å². The summed E-state index contributed by atoms with van der Waals surface area (Å²) < 4.78 is 5.10. The van der Waals surface area contributed by atoms with Gasteiger partial charge in [0.2, 0.25) is 0 Å². The fourth-order valence-corrected chi connectivity index (χ4v) is 3.91. The number of nitrogens with one attached hydrogen (secondary N) is 1. The van der Waals surface area contributed by atoms with E-state index in [0.29, 0.717) is 0 Å². The average molecular weight is 369 g/mol. The molecule has 0 heterocycles. The summed E-state index contributed by atoms with van der Waals surface area (Å²) in [6.07, 6.45) is 3.48. The van der Waals surface area contributed by atoms with E-state index in [9.17, 15) is 9.59 Å². The minimum absolute atomic E-state index is 0.204. The van der Waals surface area contributed by atoms with Crippen LogP contribution in [0.3, 0.4) is 0 Å². The number of thioether (sulfide) groups is 1. The number of para-hydroxylation sites is 1. The van der Waals surface area contributed by atoms with E-state index >= 15 is 0 Å². The normalized spacial score (nSPS) is 12.5. The number of benzene rings is 2. The van der Waals surface area contributed by atoms with Gasteiger partial charge in [0.1, 0.15) is 0 Å². The molecule has 0 bridgehead atoms. The van der Waals surface area contributed by atoms with Gasteiger partial charge in [-0.15, -0.1) is 11.8 Å². The Morgan fingerprint density at radius 3 is 2.58 bits per heavy atom. The summed E-state index contributed by atoms with van der Waals surface area (Å²) in [5.41, 5.74) is 5.55. The van der Waals surface area contributed by atoms with Crippen molar-refractivity contribution in [2.75, 3.05) is 17.7 Å². The molecule has 2 aromatic carbocycles. The minimum atomic E-state index is -0.382. The van der Waals surface area contributed by atoms with Crippen LogP contribution in [0, 0.1) is 13.8 Å². The van der Waals surface area contributed by atoms with Crippen molar-refractivity contribution in [1.29, 1.82) is 0 Å². The quantitative estimate of drug-likeness (QED) is 0.616. The van der Waals surface area contributed by atoms with Crippen molar-refractivity contribution < 1.29 is 14.3 Å². The Kier molecular flexibility index (Phi) is 5.99. The average Bonchev–Trinajstić information content (AvgIpc) is 3.09. The molecule has 0 saturated heterocycles. The van der Waals surface area contributed by atoms with Crippen LogP contribution in [-0.2, 0) is 27.2 Å². The molecule has 0 fully saturated rings. The first-order valence-electron chi connectivity index (χ1n) is 8.79. The third kappa shape index (κ3) is 4.67. The maximum absolute atomic E-state index is 12.0. The zero-order chi connectivity index (χ0) is 18.5. The topological polar surface area (TPSA) is 55.4 Å². The number of carbonyl (C=O) groups is 2. The summed E-state index contributed by atoms with van der Waals surface area (Å²) >= 11 is 1.45. The lowest BCUT2D eigenvalue weighted by Crippen LogP contribution is -2.22. The van der Waals surface area contributed by atoms with Gasteiger partial charge in [-0.2, -0.15) is 0 Å². The first-order chi connectivity index (χ1) is 12.5. The molecule has 3 rings (SSSR count). The highest BCUT2D eigenvalue weighted by molar-refractivity contribution is 8.00. The molecule has 0 unspecified atom stereocenters. The van der Waals surface area contributed by atoms with E-state index in [1.54, 1.807) is 0 Å². The predicted octanol–water partition coefficient (Wildman–Crippen LogP) is 4.07. The molecule has 1 aliphatic carbocycles. The Morgan fingerprint density at radius 1 is 1.08 bits per heavy atom. The molecule has 0 aliphatic heterocycles. The molecule has 0 radical (unpaired) electrons. The molecule has 1 amide bonds. The van der Waals surface area contributed by atoms with Gasteiger partial charge in [0.15, 0.2) is 6.61 Å². The fraction of sp³-hybridized carbons (Fsp3) is 0.333. The molecular weight excluding hydrogens is 346 g/mol. The van der Waals surface area contributed by atoms with Crippen molar-refractivity contribution in [3.05, 3.63) is 58.7 Å². The van der Waals surface area contributed by atoms with Crippen molar-refractivity contribution in [1.82, 2.24) is 0 Å². The fourth-order valence-electron chi connectivity index (χ4n) is 3.16. The Labute approximate surface area is 158 Å². The number of esters is 1. The lowest BCUT2D eigenvalue weighted by atomic mass is 10.1. The Bertz CT molecular complexity index is 812. The van der Waals surface area contributed by atoms with E-state index in [4.69, 9.17) is 4.74 Å². The van der Waals surface area contributed by atoms with E-state index in [2.05, 4.69) is 23.5 Å². The molecule has 2 aromatic rings. The SMILES string of the molecule is Cc1cccc(C)c1NC(=O)COC(=O)CSc1ccc2c(c1)CCC2. The zero-order valence-corrected chi connectivity index (χ0v) is 15.9. The minimum Gasteiger partial charge on any atom is -0.455 e. The third-order valence-corrected chi connectivity index (χ3v) is 5.50. The standard InChI is InChI=1S/C21H23NO3S/c1-14-5-3-6-15(2)21(14)22-19(23)12-25-20(24)13-26-18-10-9-16-7-4-8-17(16)11-18/h3,5-6,9-11H,4,7-8,12-13H2,1-2H3,(H,22,23). The van der Waals surface area contributed by atoms with Crippen LogP contribution in [0.2, 0.25) is 0 Å². The number of fused-ring (bicyclic) bond motifs is 1. The second-order valence-electron chi connectivity index (χ2n) is 6.55. The molecular formula is C21H23NO3S.